The van der Waals surface area contributed by atoms with E-state index in [0.717, 1.165) is 0 Å². The highest BCUT2D eigenvalue weighted by Crippen LogP contribution is 2.54. The molecule has 0 atom stereocenters. The summed E-state index contributed by atoms with van der Waals surface area (Å²) in [5, 5.41) is 18.0. The molecule has 0 fully saturated rings. The Kier molecular flexibility index (Phi) is 8.70. The fraction of sp³-hybridized carbons (Fsp3) is 0. The van der Waals surface area contributed by atoms with Gasteiger partial charge in [0.05, 0.1) is 11.4 Å². The Morgan fingerprint density at radius 3 is 1.09 bits per heavy atom. The predicted octanol–water partition coefficient (Wildman–Crippen LogP) is 20.4. The number of benzene rings is 13. The summed E-state index contributed by atoms with van der Waals surface area (Å²) in [7, 11) is 0. The minimum Gasteiger partial charge on any atom is -0.311 e. The van der Waals surface area contributed by atoms with Gasteiger partial charge in [0.25, 0.3) is 6.71 Å². The zero-order valence-corrected chi connectivity index (χ0v) is 45.4. The van der Waals surface area contributed by atoms with Crippen molar-refractivity contribution >= 4 is 216 Å². The van der Waals surface area contributed by atoms with E-state index in [0.29, 0.717) is 0 Å². The Morgan fingerprint density at radius 1 is 0.228 bits per heavy atom. The second-order valence-electron chi connectivity index (χ2n) is 21.4. The fourth-order valence-electron chi connectivity index (χ4n) is 14.1. The number of hydrogen-bond donors (Lipinski definition) is 0. The van der Waals surface area contributed by atoms with Gasteiger partial charge in [-0.15, -0.1) is 45.3 Å². The zero-order chi connectivity index (χ0) is 51.2. The van der Waals surface area contributed by atoms with Crippen molar-refractivity contribution in [3.05, 3.63) is 237 Å². The molecule has 0 aliphatic carbocycles. The van der Waals surface area contributed by atoms with Crippen molar-refractivity contribution in [1.29, 1.82) is 0 Å². The van der Waals surface area contributed by atoms with E-state index < -0.39 is 0 Å². The van der Waals surface area contributed by atoms with Crippen molar-refractivity contribution in [3.8, 4) is 11.1 Å². The van der Waals surface area contributed by atoms with Crippen LogP contribution in [0.15, 0.2) is 237 Å². The molecular weight excluding hydrogens is 1030 g/mol. The molecule has 0 bridgehead atoms. The smallest absolute Gasteiger partial charge is 0.252 e. The molecule has 79 heavy (non-hydrogen) atoms. The van der Waals surface area contributed by atoms with Crippen LogP contribution >= 0.6 is 45.3 Å². The first kappa shape index (κ1) is 43.2. The minimum atomic E-state index is -0.0791. The molecule has 2 nitrogen and oxygen atoms in total. The lowest BCUT2D eigenvalue weighted by Gasteiger charge is -2.45. The molecule has 0 unspecified atom stereocenters. The summed E-state index contributed by atoms with van der Waals surface area (Å²) in [6.07, 6.45) is 0. The average Bonchev–Trinajstić information content (AvgIpc) is 4.37. The van der Waals surface area contributed by atoms with E-state index in [1.807, 2.05) is 45.3 Å². The third kappa shape index (κ3) is 5.89. The number of rotatable bonds is 3. The first-order valence-electron chi connectivity index (χ1n) is 27.0. The lowest BCUT2D eigenvalue weighted by Crippen LogP contribution is -2.61. The van der Waals surface area contributed by atoms with Crippen LogP contribution in [0, 0.1) is 0 Å². The maximum atomic E-state index is 2.69. The van der Waals surface area contributed by atoms with Crippen LogP contribution in [0.3, 0.4) is 0 Å². The van der Waals surface area contributed by atoms with Crippen LogP contribution in [0.4, 0.5) is 34.1 Å². The topological polar surface area (TPSA) is 6.48 Å². The van der Waals surface area contributed by atoms with Gasteiger partial charge in [0, 0.05) is 103 Å². The van der Waals surface area contributed by atoms with Crippen molar-refractivity contribution in [3.63, 3.8) is 0 Å². The van der Waals surface area contributed by atoms with Gasteiger partial charge in [0.15, 0.2) is 0 Å². The Morgan fingerprint density at radius 2 is 0.608 bits per heavy atom. The molecule has 2 aliphatic rings. The van der Waals surface area contributed by atoms with Crippen molar-refractivity contribution in [2.75, 3.05) is 9.80 Å². The van der Waals surface area contributed by atoms with E-state index in [-0.39, 0.29) is 6.71 Å². The Hall–Kier alpha value is -8.82. The highest BCUT2D eigenvalue weighted by Gasteiger charge is 2.45. The van der Waals surface area contributed by atoms with E-state index in [1.54, 1.807) is 0 Å². The number of thiophene rings is 4. The molecule has 0 N–H and O–H groups in total. The molecule has 364 valence electrons. The van der Waals surface area contributed by atoms with E-state index in [9.17, 15) is 0 Å². The molecule has 13 aromatic carbocycles. The van der Waals surface area contributed by atoms with Gasteiger partial charge in [-0.3, -0.25) is 0 Å². The molecule has 7 heteroatoms. The lowest BCUT2D eigenvalue weighted by atomic mass is 9.33. The van der Waals surface area contributed by atoms with Crippen molar-refractivity contribution in [2.45, 2.75) is 0 Å². The van der Waals surface area contributed by atoms with E-state index in [1.165, 1.54) is 175 Å². The second-order valence-corrected chi connectivity index (χ2v) is 25.7. The summed E-state index contributed by atoms with van der Waals surface area (Å²) in [4.78, 5) is 5.38. The molecular formula is C72H39BN2S4. The van der Waals surface area contributed by atoms with Gasteiger partial charge in [0.2, 0.25) is 0 Å². The van der Waals surface area contributed by atoms with Crippen LogP contribution in [-0.2, 0) is 0 Å². The average molecular weight is 1070 g/mol. The van der Waals surface area contributed by atoms with Crippen molar-refractivity contribution < 1.29 is 0 Å². The van der Waals surface area contributed by atoms with Crippen LogP contribution in [0.2, 0.25) is 0 Å². The molecule has 0 amide bonds. The van der Waals surface area contributed by atoms with E-state index in [4.69, 9.17) is 0 Å². The van der Waals surface area contributed by atoms with Crippen LogP contribution in [-0.4, -0.2) is 6.71 Å². The first-order chi connectivity index (χ1) is 39.2. The number of fused-ring (bicyclic) bond motifs is 22. The Bertz CT molecular complexity index is 5270. The summed E-state index contributed by atoms with van der Waals surface area (Å²) in [6, 6.07) is 90.6. The molecule has 0 saturated heterocycles. The quantitative estimate of drug-likeness (QED) is 0.129. The maximum Gasteiger partial charge on any atom is 0.252 e. The van der Waals surface area contributed by atoms with Gasteiger partial charge in [-0.05, 0) is 151 Å². The Balaban J connectivity index is 1.00. The van der Waals surface area contributed by atoms with Gasteiger partial charge in [0.1, 0.15) is 0 Å². The number of nitrogens with zero attached hydrogens (tertiary/aromatic N) is 2. The predicted molar refractivity (Wildman–Crippen MR) is 350 cm³/mol. The van der Waals surface area contributed by atoms with E-state index >= 15 is 0 Å². The minimum absolute atomic E-state index is 0.0791. The fourth-order valence-corrected chi connectivity index (χ4v) is 18.6. The van der Waals surface area contributed by atoms with Gasteiger partial charge >= 0.3 is 0 Å². The van der Waals surface area contributed by atoms with E-state index in [2.05, 4.69) is 246 Å². The normalized spacial score (nSPS) is 13.2. The molecule has 0 radical (unpaired) electrons. The largest absolute Gasteiger partial charge is 0.311 e. The standard InChI is InChI=1S/C72H39BN2S4/c1-2-17-44-42(15-1)43-16-3-4-18-45(43)51-33-40(31-32-46(44)51)41-34-60-72-61(35-41)75(57-24-14-30-67-71(57)50-22-8-12-28-65(50)77-67)59-37-53-48-20-6-10-26-63(48)79-69(53)39-55(59)73(72)54-38-68-52(47-19-5-9-25-62(47)78-68)36-58(54)74(60)56-23-13-29-66-70(56)49-21-7-11-27-64(49)76-66/h1-39H. The monoisotopic (exact) mass is 1070 g/mol. The molecule has 0 spiro atoms. The van der Waals surface area contributed by atoms with Gasteiger partial charge in [-0.25, -0.2) is 0 Å². The first-order valence-corrected chi connectivity index (χ1v) is 30.3. The lowest BCUT2D eigenvalue weighted by molar-refractivity contribution is 1.27. The SMILES string of the molecule is c1ccc2c(c1)sc1cc3c(cc12)N(c1cccc2sc4ccccc4c12)c1cc(-c2ccc4c5ccccc5c5ccccc5c4c2)cc2c1B3c1cc3sc4ccccc4c3cc1N2c1cccc2sc3ccccc3c12. The van der Waals surface area contributed by atoms with Crippen LogP contribution in [0.25, 0.3) is 124 Å². The third-order valence-corrected chi connectivity index (χ3v) is 21.9. The van der Waals surface area contributed by atoms with Gasteiger partial charge in [-0.2, -0.15) is 0 Å². The van der Waals surface area contributed by atoms with Crippen LogP contribution in [0.1, 0.15) is 0 Å². The molecule has 19 rings (SSSR count). The molecule has 17 aromatic rings. The Labute approximate surface area is 469 Å². The third-order valence-electron chi connectivity index (χ3n) is 17.4. The second kappa shape index (κ2) is 15.9. The van der Waals surface area contributed by atoms with Crippen molar-refractivity contribution in [1.82, 2.24) is 0 Å². The summed E-state index contributed by atoms with van der Waals surface area (Å²) < 4.78 is 10.4. The van der Waals surface area contributed by atoms with Crippen LogP contribution < -0.4 is 26.2 Å². The molecule has 0 saturated carbocycles. The highest BCUT2D eigenvalue weighted by molar-refractivity contribution is 7.27. The van der Waals surface area contributed by atoms with Gasteiger partial charge in [-0.1, -0.05) is 146 Å². The zero-order valence-electron chi connectivity index (χ0n) is 42.1. The summed E-state index contributed by atoms with van der Waals surface area (Å²) in [5.41, 5.74) is 13.7. The number of hydrogen-bond acceptors (Lipinski definition) is 6. The van der Waals surface area contributed by atoms with Crippen LogP contribution in [0.5, 0.6) is 0 Å². The molecule has 4 aromatic heterocycles. The summed E-state index contributed by atoms with van der Waals surface area (Å²) >= 11 is 7.62. The highest BCUT2D eigenvalue weighted by atomic mass is 32.1. The number of anilines is 6. The summed E-state index contributed by atoms with van der Waals surface area (Å²) in [6.45, 7) is -0.0791. The summed E-state index contributed by atoms with van der Waals surface area (Å²) in [5.74, 6) is 0. The molecule has 6 heterocycles. The van der Waals surface area contributed by atoms with Gasteiger partial charge < -0.3 is 9.80 Å². The maximum absolute atomic E-state index is 2.69. The molecule has 2 aliphatic heterocycles. The van der Waals surface area contributed by atoms with Crippen molar-refractivity contribution in [2.24, 2.45) is 0 Å².